The quantitative estimate of drug-likeness (QED) is 0.567. The molecule has 0 spiro atoms. The number of hydrogen-bond acceptors (Lipinski definition) is 5. The highest BCUT2D eigenvalue weighted by molar-refractivity contribution is 5.96. The highest BCUT2D eigenvalue weighted by Gasteiger charge is 2.47. The molecule has 0 radical (unpaired) electrons. The molecule has 0 aliphatic carbocycles. The Morgan fingerprint density at radius 3 is 2.57 bits per heavy atom. The molecule has 1 aromatic carbocycles. The molecule has 0 N–H and O–H groups in total. The Morgan fingerprint density at radius 2 is 1.86 bits per heavy atom. The molecule has 35 heavy (non-hydrogen) atoms. The second-order valence-corrected chi connectivity index (χ2v) is 9.19. The summed E-state index contributed by atoms with van der Waals surface area (Å²) in [4.78, 5) is 38.2. The molecule has 2 aliphatic rings. The van der Waals surface area contributed by atoms with Crippen LogP contribution in [0.25, 0.3) is 0 Å². The fourth-order valence-corrected chi connectivity index (χ4v) is 5.28. The van der Waals surface area contributed by atoms with Gasteiger partial charge in [-0.05, 0) is 55.3 Å². The molecule has 8 heteroatoms. The summed E-state index contributed by atoms with van der Waals surface area (Å²) in [6, 6.07) is 13.6. The molecule has 2 fully saturated rings. The van der Waals surface area contributed by atoms with Crippen LogP contribution in [0.2, 0.25) is 0 Å². The third-order valence-electron chi connectivity index (χ3n) is 7.02. The van der Waals surface area contributed by atoms with Crippen molar-refractivity contribution < 1.29 is 18.7 Å². The van der Waals surface area contributed by atoms with Crippen LogP contribution in [0.1, 0.15) is 40.9 Å². The van der Waals surface area contributed by atoms with Crippen molar-refractivity contribution in [1.82, 2.24) is 19.8 Å². The van der Waals surface area contributed by atoms with Crippen LogP contribution in [0.4, 0.5) is 4.39 Å². The molecular formula is C27H27FN4O3. The average molecular weight is 475 g/mol. The molecule has 0 unspecified atom stereocenters. The lowest BCUT2D eigenvalue weighted by molar-refractivity contribution is -0.130. The van der Waals surface area contributed by atoms with Crippen molar-refractivity contribution in [1.29, 1.82) is 0 Å². The van der Waals surface area contributed by atoms with Gasteiger partial charge < -0.3 is 14.5 Å². The smallest absolute Gasteiger partial charge is 0.259 e. The fourth-order valence-electron chi connectivity index (χ4n) is 5.28. The number of carbonyl (C=O) groups is 2. The zero-order valence-corrected chi connectivity index (χ0v) is 19.7. The molecule has 3 aromatic rings. The monoisotopic (exact) mass is 474 g/mol. The molecule has 2 aromatic heterocycles. The minimum atomic E-state index is -0.292. The number of ether oxygens (including phenoxy) is 1. The van der Waals surface area contributed by atoms with E-state index in [1.165, 1.54) is 12.1 Å². The topological polar surface area (TPSA) is 75.6 Å². The van der Waals surface area contributed by atoms with Gasteiger partial charge in [0.25, 0.3) is 5.91 Å². The number of pyridine rings is 2. The van der Waals surface area contributed by atoms with E-state index in [1.54, 1.807) is 49.6 Å². The number of hydrogen-bond donors (Lipinski definition) is 0. The first-order valence-corrected chi connectivity index (χ1v) is 11.8. The van der Waals surface area contributed by atoms with Crippen LogP contribution < -0.4 is 4.74 Å². The maximum absolute atomic E-state index is 13.6. The number of benzene rings is 1. The standard InChI is InChI=1S/C27H27FN4O3/c1-17-5-10-21(14-30-17)35-26-22(4-3-12-29-26)27(34)31-13-11-25-24(15-31)23(16-32(25)18(2)33)19-6-8-20(28)9-7-19/h3-10,12,14,23-25H,11,13,15-16H2,1-2H3/t23-,24-,25-/m1/s1. The third kappa shape index (κ3) is 4.60. The second kappa shape index (κ2) is 9.44. The normalized spacial score (nSPS) is 21.5. The lowest BCUT2D eigenvalue weighted by atomic mass is 9.81. The number of fused-ring (bicyclic) bond motifs is 1. The Kier molecular flexibility index (Phi) is 6.19. The van der Waals surface area contributed by atoms with Crippen LogP contribution in [0, 0.1) is 18.7 Å². The number of piperidine rings is 1. The Hall–Kier alpha value is -3.81. The van der Waals surface area contributed by atoms with Gasteiger partial charge in [0, 0.05) is 56.3 Å². The van der Waals surface area contributed by atoms with Crippen LogP contribution >= 0.6 is 0 Å². The Balaban J connectivity index is 1.39. The SMILES string of the molecule is CC(=O)N1C[C@H](c2ccc(F)cc2)[C@H]2CN(C(=O)c3cccnc3Oc3ccc(C)nc3)CC[C@H]21. The lowest BCUT2D eigenvalue weighted by Crippen LogP contribution is -2.49. The van der Waals surface area contributed by atoms with Crippen molar-refractivity contribution in [2.24, 2.45) is 5.92 Å². The van der Waals surface area contributed by atoms with E-state index in [0.29, 0.717) is 37.4 Å². The number of aryl methyl sites for hydroxylation is 1. The summed E-state index contributed by atoms with van der Waals surface area (Å²) in [6.07, 6.45) is 3.88. The number of halogens is 1. The predicted octanol–water partition coefficient (Wildman–Crippen LogP) is 4.19. The van der Waals surface area contributed by atoms with Gasteiger partial charge in [-0.3, -0.25) is 14.6 Å². The van der Waals surface area contributed by atoms with Crippen LogP contribution in [-0.2, 0) is 4.79 Å². The number of likely N-dealkylation sites (tertiary alicyclic amines) is 2. The Labute approximate surface area is 203 Å². The van der Waals surface area contributed by atoms with Crippen LogP contribution in [0.5, 0.6) is 11.6 Å². The summed E-state index contributed by atoms with van der Waals surface area (Å²) in [7, 11) is 0. The minimum Gasteiger partial charge on any atom is -0.437 e. The van der Waals surface area contributed by atoms with Crippen molar-refractivity contribution >= 4 is 11.8 Å². The van der Waals surface area contributed by atoms with E-state index in [1.807, 2.05) is 22.8 Å². The zero-order chi connectivity index (χ0) is 24.5. The largest absolute Gasteiger partial charge is 0.437 e. The van der Waals surface area contributed by atoms with Crippen LogP contribution in [0.3, 0.4) is 0 Å². The summed E-state index contributed by atoms with van der Waals surface area (Å²) in [5.74, 6) is 0.404. The number of rotatable bonds is 4. The van der Waals surface area contributed by atoms with Gasteiger partial charge in [0.15, 0.2) is 0 Å². The summed E-state index contributed by atoms with van der Waals surface area (Å²) in [6.45, 7) is 5.06. The van der Waals surface area contributed by atoms with Gasteiger partial charge in [-0.25, -0.2) is 9.37 Å². The van der Waals surface area contributed by atoms with Crippen molar-refractivity contribution in [2.45, 2.75) is 32.2 Å². The van der Waals surface area contributed by atoms with E-state index in [-0.39, 0.29) is 41.4 Å². The summed E-state index contributed by atoms with van der Waals surface area (Å²) < 4.78 is 19.4. The first-order chi connectivity index (χ1) is 16.9. The van der Waals surface area contributed by atoms with Crippen LogP contribution in [-0.4, -0.2) is 57.3 Å². The van der Waals surface area contributed by atoms with Gasteiger partial charge in [-0.15, -0.1) is 0 Å². The Morgan fingerprint density at radius 1 is 1.06 bits per heavy atom. The molecule has 4 heterocycles. The van der Waals surface area contributed by atoms with Gasteiger partial charge >= 0.3 is 0 Å². The van der Waals surface area contributed by atoms with Crippen molar-refractivity contribution in [3.63, 3.8) is 0 Å². The third-order valence-corrected chi connectivity index (χ3v) is 7.02. The van der Waals surface area contributed by atoms with E-state index in [2.05, 4.69) is 9.97 Å². The van der Waals surface area contributed by atoms with Gasteiger partial charge in [-0.1, -0.05) is 12.1 Å². The first kappa shape index (κ1) is 23.0. The molecule has 180 valence electrons. The fraction of sp³-hybridized carbons (Fsp3) is 0.333. The van der Waals surface area contributed by atoms with E-state index in [0.717, 1.165) is 11.3 Å². The highest BCUT2D eigenvalue weighted by Crippen LogP contribution is 2.42. The molecule has 0 saturated carbocycles. The van der Waals surface area contributed by atoms with Gasteiger partial charge in [0.05, 0.1) is 6.20 Å². The van der Waals surface area contributed by atoms with Gasteiger partial charge in [0.2, 0.25) is 11.8 Å². The van der Waals surface area contributed by atoms with Crippen molar-refractivity contribution in [3.05, 3.63) is 83.6 Å². The number of aromatic nitrogens is 2. The summed E-state index contributed by atoms with van der Waals surface area (Å²) in [5.41, 5.74) is 2.23. The lowest BCUT2D eigenvalue weighted by Gasteiger charge is -2.39. The molecule has 2 amide bonds. The number of nitrogens with zero attached hydrogens (tertiary/aromatic N) is 4. The predicted molar refractivity (Wildman–Crippen MR) is 128 cm³/mol. The molecule has 5 rings (SSSR count). The maximum Gasteiger partial charge on any atom is 0.259 e. The number of amides is 2. The van der Waals surface area contributed by atoms with Gasteiger partial charge in [0.1, 0.15) is 17.1 Å². The van der Waals surface area contributed by atoms with E-state index in [9.17, 15) is 14.0 Å². The molecule has 3 atom stereocenters. The first-order valence-electron chi connectivity index (χ1n) is 11.8. The van der Waals surface area contributed by atoms with Crippen LogP contribution in [0.15, 0.2) is 60.9 Å². The molecular weight excluding hydrogens is 447 g/mol. The maximum atomic E-state index is 13.6. The van der Waals surface area contributed by atoms with Gasteiger partial charge in [-0.2, -0.15) is 0 Å². The van der Waals surface area contributed by atoms with E-state index in [4.69, 9.17) is 4.74 Å². The molecule has 2 aliphatic heterocycles. The van der Waals surface area contributed by atoms with E-state index >= 15 is 0 Å². The average Bonchev–Trinajstić information content (AvgIpc) is 3.25. The zero-order valence-electron chi connectivity index (χ0n) is 19.7. The number of carbonyl (C=O) groups excluding carboxylic acids is 2. The molecule has 7 nitrogen and oxygen atoms in total. The van der Waals surface area contributed by atoms with E-state index < -0.39 is 0 Å². The minimum absolute atomic E-state index is 0.0269. The molecule has 2 saturated heterocycles. The summed E-state index contributed by atoms with van der Waals surface area (Å²) in [5, 5.41) is 0. The highest BCUT2D eigenvalue weighted by atomic mass is 19.1. The van der Waals surface area contributed by atoms with Crippen molar-refractivity contribution in [3.8, 4) is 11.6 Å². The second-order valence-electron chi connectivity index (χ2n) is 9.19. The van der Waals surface area contributed by atoms with Crippen molar-refractivity contribution in [2.75, 3.05) is 19.6 Å². The Bertz CT molecular complexity index is 1230. The molecule has 0 bridgehead atoms. The summed E-state index contributed by atoms with van der Waals surface area (Å²) >= 11 is 0.